The number of rotatable bonds is 8. The van der Waals surface area contributed by atoms with E-state index in [1.165, 1.54) is 0 Å². The molecule has 3 aromatic heterocycles. The van der Waals surface area contributed by atoms with Gasteiger partial charge in [0.15, 0.2) is 0 Å². The molecule has 0 spiro atoms. The molecule has 2 saturated carbocycles. The summed E-state index contributed by atoms with van der Waals surface area (Å²) in [6.07, 6.45) is 11.5. The third-order valence-corrected chi connectivity index (χ3v) is 7.88. The molecule has 0 aliphatic heterocycles. The monoisotopic (exact) mass is 538 g/mol. The molecule has 1 unspecified atom stereocenters. The van der Waals surface area contributed by atoms with E-state index >= 15 is 0 Å². The van der Waals surface area contributed by atoms with Gasteiger partial charge in [0.25, 0.3) is 0 Å². The number of esters is 1. The minimum Gasteiger partial charge on any atom is -0.460 e. The van der Waals surface area contributed by atoms with Crippen molar-refractivity contribution >= 4 is 17.4 Å². The summed E-state index contributed by atoms with van der Waals surface area (Å²) in [5.74, 6) is 0.666. The number of ether oxygens (including phenoxy) is 2. The zero-order valence-corrected chi connectivity index (χ0v) is 23.8. The number of carbonyl (C=O) groups excluding carboxylic acids is 1. The summed E-state index contributed by atoms with van der Waals surface area (Å²) in [4.78, 5) is 17.2. The molecule has 0 saturated heterocycles. The van der Waals surface area contributed by atoms with Gasteiger partial charge < -0.3 is 19.9 Å². The fraction of sp³-hybridized carbons (Fsp3) is 0.655. The van der Waals surface area contributed by atoms with Crippen molar-refractivity contribution in [3.63, 3.8) is 0 Å². The average Bonchev–Trinajstić information content (AvgIpc) is 3.62. The number of fused-ring (bicyclic) bond motifs is 1. The van der Waals surface area contributed by atoms with Crippen LogP contribution in [-0.2, 0) is 14.3 Å². The fourth-order valence-corrected chi connectivity index (χ4v) is 5.96. The molecule has 2 aliphatic rings. The van der Waals surface area contributed by atoms with Crippen LogP contribution in [0.1, 0.15) is 90.3 Å². The molecule has 3 atom stereocenters. The number of nitrogens with one attached hydrogen (secondary N) is 1. The summed E-state index contributed by atoms with van der Waals surface area (Å²) in [5.41, 5.74) is 3.64. The second-order valence-electron chi connectivity index (χ2n) is 12.3. The lowest BCUT2D eigenvalue weighted by molar-refractivity contribution is -0.159. The lowest BCUT2D eigenvalue weighted by atomic mass is 9.85. The van der Waals surface area contributed by atoms with Crippen LogP contribution in [0.4, 0.5) is 5.95 Å². The highest BCUT2D eigenvalue weighted by atomic mass is 16.6. The maximum atomic E-state index is 12.6. The molecule has 0 radical (unpaired) electrons. The summed E-state index contributed by atoms with van der Waals surface area (Å²) in [6.45, 7) is 8.32. The minimum absolute atomic E-state index is 0.0740. The first-order valence-corrected chi connectivity index (χ1v) is 14.2. The van der Waals surface area contributed by atoms with Crippen LogP contribution in [0.5, 0.6) is 0 Å². The zero-order chi connectivity index (χ0) is 27.7. The molecule has 10 heteroatoms. The van der Waals surface area contributed by atoms with Crippen LogP contribution in [0.25, 0.3) is 16.6 Å². The molecule has 0 amide bonds. The average molecular weight is 539 g/mol. The van der Waals surface area contributed by atoms with Crippen molar-refractivity contribution in [1.29, 1.82) is 0 Å². The van der Waals surface area contributed by atoms with Gasteiger partial charge in [0.05, 0.1) is 42.6 Å². The Bertz CT molecular complexity index is 1290. The van der Waals surface area contributed by atoms with Crippen molar-refractivity contribution < 1.29 is 19.4 Å². The summed E-state index contributed by atoms with van der Waals surface area (Å²) < 4.78 is 14.9. The first kappa shape index (κ1) is 27.6. The topological polar surface area (TPSA) is 116 Å². The Labute approximate surface area is 230 Å². The molecule has 3 heterocycles. The molecule has 10 nitrogen and oxygen atoms in total. The third-order valence-electron chi connectivity index (χ3n) is 7.88. The molecule has 212 valence electrons. The van der Waals surface area contributed by atoms with Gasteiger partial charge in [-0.1, -0.05) is 0 Å². The van der Waals surface area contributed by atoms with Gasteiger partial charge in [-0.25, -0.2) is 9.50 Å². The van der Waals surface area contributed by atoms with Crippen molar-refractivity contribution in [3.05, 3.63) is 30.4 Å². The third kappa shape index (κ3) is 6.27. The number of hydrogen-bond acceptors (Lipinski definition) is 8. The molecule has 5 rings (SSSR count). The van der Waals surface area contributed by atoms with E-state index in [0.29, 0.717) is 18.5 Å². The zero-order valence-electron chi connectivity index (χ0n) is 23.8. The first-order chi connectivity index (χ1) is 18.6. The van der Waals surface area contributed by atoms with E-state index in [-0.39, 0.29) is 30.1 Å². The molecule has 2 aliphatic carbocycles. The Hall–Kier alpha value is -2.98. The van der Waals surface area contributed by atoms with Gasteiger partial charge in [-0.05, 0) is 78.7 Å². The van der Waals surface area contributed by atoms with Crippen molar-refractivity contribution in [2.75, 3.05) is 19.0 Å². The van der Waals surface area contributed by atoms with Crippen LogP contribution in [0.3, 0.4) is 0 Å². The smallest absolute Gasteiger partial charge is 0.309 e. The molecule has 39 heavy (non-hydrogen) atoms. The first-order valence-electron chi connectivity index (χ1n) is 14.2. The Kier molecular flexibility index (Phi) is 7.96. The second-order valence-corrected chi connectivity index (χ2v) is 12.3. The van der Waals surface area contributed by atoms with Gasteiger partial charge in [0, 0.05) is 42.1 Å². The molecular formula is C29H42N6O4. The fourth-order valence-electron chi connectivity index (χ4n) is 5.96. The number of carbonyl (C=O) groups is 1. The van der Waals surface area contributed by atoms with E-state index in [1.54, 1.807) is 7.11 Å². The van der Waals surface area contributed by atoms with E-state index < -0.39 is 5.60 Å². The standard InChI is InChI=1S/C29H42N6O4/c1-18(17-38-5)32-28-30-15-26-24(13-25(35(26)33-28)19-7-10-23(36)11-8-19)21-14-31-34(16-21)22-9-6-20(12-22)27(37)39-29(2,3)4/h13-16,18-20,22-23,36H,6-12,17H2,1-5H3,(H,32,33)/t18-,19?,20?,22-,23?/m0/s1. The van der Waals surface area contributed by atoms with Gasteiger partial charge in [-0.15, -0.1) is 5.10 Å². The van der Waals surface area contributed by atoms with E-state index in [4.69, 9.17) is 19.7 Å². The van der Waals surface area contributed by atoms with E-state index in [1.807, 2.05) is 49.3 Å². The van der Waals surface area contributed by atoms with Crippen molar-refractivity contribution in [2.24, 2.45) is 5.92 Å². The SMILES string of the molecule is COC[C@H](C)Nc1ncc2c(-c3cnn([C@H]4CCC(C(=O)OC(C)(C)C)C4)c3)cc(C3CCC(O)CC3)n2n1. The van der Waals surface area contributed by atoms with Gasteiger partial charge in [-0.3, -0.25) is 9.48 Å². The van der Waals surface area contributed by atoms with Crippen molar-refractivity contribution in [1.82, 2.24) is 24.4 Å². The molecule has 0 aromatic carbocycles. The van der Waals surface area contributed by atoms with Crippen LogP contribution in [0.2, 0.25) is 0 Å². The summed E-state index contributed by atoms with van der Waals surface area (Å²) in [5, 5.41) is 23.0. The lowest BCUT2D eigenvalue weighted by Gasteiger charge is -2.25. The number of hydrogen-bond donors (Lipinski definition) is 2. The maximum Gasteiger partial charge on any atom is 0.309 e. The van der Waals surface area contributed by atoms with Gasteiger partial charge in [-0.2, -0.15) is 5.10 Å². The van der Waals surface area contributed by atoms with Crippen molar-refractivity contribution in [2.45, 2.75) is 102 Å². The Balaban J connectivity index is 1.41. The van der Waals surface area contributed by atoms with E-state index in [0.717, 1.165) is 67.3 Å². The van der Waals surface area contributed by atoms with Gasteiger partial charge >= 0.3 is 5.97 Å². The normalized spacial score (nSPS) is 24.7. The number of methoxy groups -OCH3 is 1. The highest BCUT2D eigenvalue weighted by Crippen LogP contribution is 2.39. The largest absolute Gasteiger partial charge is 0.460 e. The number of aromatic nitrogens is 5. The van der Waals surface area contributed by atoms with Crippen LogP contribution in [0, 0.1) is 5.92 Å². The summed E-state index contributed by atoms with van der Waals surface area (Å²) in [6, 6.07) is 2.46. The van der Waals surface area contributed by atoms with E-state index in [9.17, 15) is 9.90 Å². The Morgan fingerprint density at radius 2 is 1.95 bits per heavy atom. The molecule has 2 fully saturated rings. The number of nitrogens with zero attached hydrogens (tertiary/aromatic N) is 5. The molecule has 3 aromatic rings. The summed E-state index contributed by atoms with van der Waals surface area (Å²) >= 11 is 0. The van der Waals surface area contributed by atoms with Gasteiger partial charge in [0.2, 0.25) is 5.95 Å². The quantitative estimate of drug-likeness (QED) is 0.395. The Morgan fingerprint density at radius 1 is 1.18 bits per heavy atom. The van der Waals surface area contributed by atoms with Crippen LogP contribution in [-0.4, -0.2) is 66.9 Å². The molecule has 2 N–H and O–H groups in total. The number of aliphatic hydroxyl groups excluding tert-OH is 1. The van der Waals surface area contributed by atoms with Gasteiger partial charge in [0.1, 0.15) is 5.60 Å². The molecular weight excluding hydrogens is 496 g/mol. The Morgan fingerprint density at radius 3 is 2.67 bits per heavy atom. The lowest BCUT2D eigenvalue weighted by Crippen LogP contribution is -2.27. The van der Waals surface area contributed by atoms with E-state index in [2.05, 4.69) is 22.6 Å². The number of aliphatic hydroxyl groups is 1. The van der Waals surface area contributed by atoms with Crippen LogP contribution >= 0.6 is 0 Å². The summed E-state index contributed by atoms with van der Waals surface area (Å²) in [7, 11) is 1.68. The number of anilines is 1. The minimum atomic E-state index is -0.474. The predicted molar refractivity (Wildman–Crippen MR) is 149 cm³/mol. The second kappa shape index (κ2) is 11.3. The highest BCUT2D eigenvalue weighted by molar-refractivity contribution is 5.81. The highest BCUT2D eigenvalue weighted by Gasteiger charge is 2.34. The molecule has 0 bridgehead atoms. The predicted octanol–water partition coefficient (Wildman–Crippen LogP) is 4.74. The van der Waals surface area contributed by atoms with Crippen LogP contribution in [0.15, 0.2) is 24.7 Å². The van der Waals surface area contributed by atoms with Crippen molar-refractivity contribution in [3.8, 4) is 11.1 Å². The van der Waals surface area contributed by atoms with Crippen LogP contribution < -0.4 is 5.32 Å². The maximum absolute atomic E-state index is 12.6.